The zero-order valence-electron chi connectivity index (χ0n) is 11.7. The van der Waals surface area contributed by atoms with E-state index in [0.29, 0.717) is 11.3 Å². The Kier molecular flexibility index (Phi) is 8.80. The van der Waals surface area contributed by atoms with Crippen molar-refractivity contribution in [3.63, 3.8) is 0 Å². The van der Waals surface area contributed by atoms with Gasteiger partial charge in [-0.15, -0.1) is 0 Å². The van der Waals surface area contributed by atoms with Crippen molar-refractivity contribution >= 4 is 10.8 Å². The fourth-order valence-electron chi connectivity index (χ4n) is 1.70. The molecule has 0 aliphatic heterocycles. The molecule has 0 amide bonds. The Bertz CT molecular complexity index is 423. The maximum atomic E-state index is 12.1. The standard InChI is InChI=1S/C12H12NOS.C5H5.Fe/c1-9-5-7-10(8-6-9)15(14)12-4-2-3-11(12)13;1-2-4-5-3-1;/h2-8H,13H2,1H3;1-5H;/q;;+2. The Morgan fingerprint density at radius 1 is 0.857 bits per heavy atom. The summed E-state index contributed by atoms with van der Waals surface area (Å²) in [6.07, 6.45) is 15.4. The Morgan fingerprint density at radius 2 is 1.38 bits per heavy atom. The molecule has 3 rings (SSSR count). The minimum Gasteiger partial charge on any atom is -0.322 e. The predicted octanol–water partition coefficient (Wildman–Crippen LogP) is 2.77. The molecule has 21 heavy (non-hydrogen) atoms. The van der Waals surface area contributed by atoms with Gasteiger partial charge in [0.05, 0.1) is 22.1 Å². The van der Waals surface area contributed by atoms with Gasteiger partial charge in [-0.3, -0.25) is 4.21 Å². The average Bonchev–Trinajstić information content (AvgIpc) is 3.13. The zero-order valence-corrected chi connectivity index (χ0v) is 13.6. The Balaban J connectivity index is 0.000000313. The van der Waals surface area contributed by atoms with Crippen LogP contribution in [0.1, 0.15) is 5.56 Å². The minimum atomic E-state index is -1.16. The van der Waals surface area contributed by atoms with Gasteiger partial charge < -0.3 is 5.73 Å². The molecule has 2 N–H and O–H groups in total. The normalized spacial score (nSPS) is 20.5. The van der Waals surface area contributed by atoms with Gasteiger partial charge >= 0.3 is 17.1 Å². The molecule has 0 heterocycles. The molecule has 10 radical (unpaired) electrons. The third-order valence-corrected chi connectivity index (χ3v) is 4.27. The summed E-state index contributed by atoms with van der Waals surface area (Å²) < 4.78 is 12.1. The summed E-state index contributed by atoms with van der Waals surface area (Å²) in [5.41, 5.74) is 6.87. The molecule has 2 nitrogen and oxygen atoms in total. The summed E-state index contributed by atoms with van der Waals surface area (Å²) in [6, 6.07) is 8.24. The third kappa shape index (κ3) is 5.86. The fraction of sp³-hybridized carbons (Fsp3) is 0.0588. The topological polar surface area (TPSA) is 43.1 Å². The number of hydrogen-bond donors (Lipinski definition) is 1. The molecule has 0 aromatic heterocycles. The van der Waals surface area contributed by atoms with Gasteiger partial charge in [-0.2, -0.15) is 0 Å². The van der Waals surface area contributed by atoms with E-state index in [9.17, 15) is 4.21 Å². The van der Waals surface area contributed by atoms with Crippen LogP contribution in [0.4, 0.5) is 0 Å². The van der Waals surface area contributed by atoms with E-state index >= 15 is 0 Å². The molecule has 2 aliphatic rings. The van der Waals surface area contributed by atoms with E-state index in [1.54, 1.807) is 12.8 Å². The molecule has 2 fully saturated rings. The second kappa shape index (κ2) is 9.78. The van der Waals surface area contributed by atoms with Crippen LogP contribution in [0.15, 0.2) is 29.2 Å². The summed E-state index contributed by atoms with van der Waals surface area (Å²) in [4.78, 5) is 0.790. The fourth-order valence-corrected chi connectivity index (χ4v) is 2.82. The average molecular weight is 339 g/mol. The summed E-state index contributed by atoms with van der Waals surface area (Å²) in [5, 5.41) is 0.693. The van der Waals surface area contributed by atoms with Crippen LogP contribution in [0.2, 0.25) is 0 Å². The number of rotatable bonds is 2. The summed E-state index contributed by atoms with van der Waals surface area (Å²) in [5.74, 6) is 0. The Morgan fingerprint density at radius 3 is 1.81 bits per heavy atom. The van der Waals surface area contributed by atoms with Crippen LogP contribution in [0.5, 0.6) is 0 Å². The second-order valence-electron chi connectivity index (χ2n) is 4.39. The van der Waals surface area contributed by atoms with Crippen molar-refractivity contribution < 1.29 is 21.3 Å². The van der Waals surface area contributed by atoms with Crippen molar-refractivity contribution in [3.05, 3.63) is 92.5 Å². The first-order valence-corrected chi connectivity index (χ1v) is 7.50. The van der Waals surface area contributed by atoms with Gasteiger partial charge in [0.2, 0.25) is 0 Å². The van der Waals surface area contributed by atoms with Crippen molar-refractivity contribution in [2.24, 2.45) is 5.73 Å². The van der Waals surface area contributed by atoms with Gasteiger partial charge in [0.15, 0.2) is 0 Å². The maximum absolute atomic E-state index is 12.1. The van der Waals surface area contributed by atoms with Crippen LogP contribution in [0, 0.1) is 69.6 Å². The monoisotopic (exact) mass is 339 g/mol. The maximum Gasteiger partial charge on any atom is 2.00 e. The molecule has 0 bridgehead atoms. The van der Waals surface area contributed by atoms with E-state index in [4.69, 9.17) is 5.73 Å². The van der Waals surface area contributed by atoms with Crippen LogP contribution in [0.3, 0.4) is 0 Å². The molecule has 2 aliphatic carbocycles. The Hall–Kier alpha value is -0.151. The van der Waals surface area contributed by atoms with Crippen LogP contribution in [-0.2, 0) is 27.9 Å². The van der Waals surface area contributed by atoms with E-state index in [0.717, 1.165) is 10.5 Å². The van der Waals surface area contributed by atoms with Gasteiger partial charge in [0.1, 0.15) is 0 Å². The van der Waals surface area contributed by atoms with Crippen LogP contribution >= 0.6 is 0 Å². The zero-order chi connectivity index (χ0) is 14.4. The van der Waals surface area contributed by atoms with Crippen LogP contribution in [-0.4, -0.2) is 4.21 Å². The third-order valence-electron chi connectivity index (χ3n) is 2.80. The molecule has 4 heteroatoms. The molecule has 0 saturated heterocycles. The number of hydrogen-bond acceptors (Lipinski definition) is 2. The van der Waals surface area contributed by atoms with Crippen molar-refractivity contribution in [1.29, 1.82) is 0 Å². The van der Waals surface area contributed by atoms with Gasteiger partial charge in [0.25, 0.3) is 0 Å². The smallest absolute Gasteiger partial charge is 0.322 e. The largest absolute Gasteiger partial charge is 2.00 e. The number of benzene rings is 1. The van der Waals surface area contributed by atoms with Gasteiger partial charge in [-0.05, 0) is 70.4 Å². The van der Waals surface area contributed by atoms with E-state index in [1.807, 2.05) is 69.7 Å². The van der Waals surface area contributed by atoms with Crippen molar-refractivity contribution in [2.75, 3.05) is 0 Å². The molecular weight excluding hydrogens is 322 g/mol. The quantitative estimate of drug-likeness (QED) is 0.842. The van der Waals surface area contributed by atoms with Crippen molar-refractivity contribution in [1.82, 2.24) is 0 Å². The first-order valence-electron chi connectivity index (χ1n) is 6.35. The number of nitrogens with two attached hydrogens (primary N) is 1. The van der Waals surface area contributed by atoms with E-state index in [2.05, 4.69) is 0 Å². The predicted molar refractivity (Wildman–Crippen MR) is 82.7 cm³/mol. The number of aryl methyl sites for hydroxylation is 1. The van der Waals surface area contributed by atoms with Crippen molar-refractivity contribution in [3.8, 4) is 0 Å². The molecule has 108 valence electrons. The van der Waals surface area contributed by atoms with Gasteiger partial charge in [-0.25, -0.2) is 0 Å². The first-order chi connectivity index (χ1) is 9.68. The molecule has 1 aromatic carbocycles. The molecule has 0 spiro atoms. The summed E-state index contributed by atoms with van der Waals surface area (Å²) in [7, 11) is -1.16. The SMILES string of the molecule is Cc1ccc(S(=O)[C]2[CH][CH][CH][C]2N)cc1.[CH]1[CH][CH][CH][CH]1.[Fe+2]. The van der Waals surface area contributed by atoms with Crippen LogP contribution < -0.4 is 5.73 Å². The van der Waals surface area contributed by atoms with Gasteiger partial charge in [0, 0.05) is 4.90 Å². The second-order valence-corrected chi connectivity index (χ2v) is 5.84. The minimum absolute atomic E-state index is 0. The van der Waals surface area contributed by atoms with E-state index < -0.39 is 10.8 Å². The molecular formula is C17H17FeNOS+2. The Labute approximate surface area is 142 Å². The summed E-state index contributed by atoms with van der Waals surface area (Å²) >= 11 is 0. The van der Waals surface area contributed by atoms with Crippen molar-refractivity contribution in [2.45, 2.75) is 11.8 Å². The van der Waals surface area contributed by atoms with E-state index in [1.165, 1.54) is 0 Å². The molecule has 2 saturated carbocycles. The van der Waals surface area contributed by atoms with E-state index in [-0.39, 0.29) is 17.1 Å². The van der Waals surface area contributed by atoms with Crippen LogP contribution in [0.25, 0.3) is 0 Å². The molecule has 1 unspecified atom stereocenters. The van der Waals surface area contributed by atoms with Gasteiger partial charge in [-0.1, -0.05) is 17.7 Å². The molecule has 1 aromatic rings. The summed E-state index contributed by atoms with van der Waals surface area (Å²) in [6.45, 7) is 2.00. The first kappa shape index (κ1) is 18.9. The molecule has 1 atom stereocenters.